The van der Waals surface area contributed by atoms with E-state index in [0.717, 1.165) is 0 Å². The minimum Gasteiger partial charge on any atom is -0.399 e. The van der Waals surface area contributed by atoms with Gasteiger partial charge in [0.05, 0.1) is 0 Å². The molecule has 1 aromatic carbocycles. The van der Waals surface area contributed by atoms with Gasteiger partial charge in [0, 0.05) is 16.8 Å². The van der Waals surface area contributed by atoms with Gasteiger partial charge in [0.1, 0.15) is 0 Å². The third-order valence-corrected chi connectivity index (χ3v) is 2.61. The van der Waals surface area contributed by atoms with Gasteiger partial charge in [-0.25, -0.2) is 0 Å². The molecule has 1 aromatic rings. The van der Waals surface area contributed by atoms with Crippen LogP contribution in [0.2, 0.25) is 0 Å². The van der Waals surface area contributed by atoms with Crippen molar-refractivity contribution in [3.8, 4) is 0 Å². The maximum atomic E-state index is 11.4. The zero-order chi connectivity index (χ0) is 8.48. The molecule has 1 rings (SSSR count). The van der Waals surface area contributed by atoms with Crippen molar-refractivity contribution in [3.63, 3.8) is 0 Å². The smallest absolute Gasteiger partial charge is 0.0325 e. The highest BCUT2D eigenvalue weighted by Gasteiger charge is 1.99. The summed E-state index contributed by atoms with van der Waals surface area (Å²) in [6, 6.07) is 6.99. The van der Waals surface area contributed by atoms with E-state index < -0.39 is 9.52 Å². The Morgan fingerprint density at radius 2 is 2.18 bits per heavy atom. The highest BCUT2D eigenvalue weighted by Crippen LogP contribution is 2.11. The van der Waals surface area contributed by atoms with E-state index in [2.05, 4.69) is 5.87 Å². The van der Waals surface area contributed by atoms with Gasteiger partial charge in [-0.1, -0.05) is 6.07 Å². The van der Waals surface area contributed by atoms with Gasteiger partial charge in [0.15, 0.2) is 0 Å². The molecule has 0 saturated carbocycles. The van der Waals surface area contributed by atoms with Gasteiger partial charge in [0.25, 0.3) is 0 Å². The molecule has 0 amide bonds. The Bertz CT molecular complexity index is 354. The molecule has 0 heterocycles. The zero-order valence-electron chi connectivity index (χ0n) is 6.41. The summed E-state index contributed by atoms with van der Waals surface area (Å²) in [5, 5.41) is 0. The number of hydrogen-bond donors (Lipinski definition) is 1. The lowest BCUT2D eigenvalue weighted by atomic mass is 10.3. The van der Waals surface area contributed by atoms with Crippen LogP contribution in [0.15, 0.2) is 29.2 Å². The van der Waals surface area contributed by atoms with Crippen LogP contribution < -0.4 is 5.73 Å². The van der Waals surface area contributed by atoms with Crippen molar-refractivity contribution in [2.45, 2.75) is 4.90 Å². The first kappa shape index (κ1) is 8.14. The van der Waals surface area contributed by atoms with Crippen LogP contribution in [0.3, 0.4) is 0 Å². The van der Waals surface area contributed by atoms with Gasteiger partial charge in [-0.2, -0.15) is 0 Å². The highest BCUT2D eigenvalue weighted by molar-refractivity contribution is 7.99. The van der Waals surface area contributed by atoms with Gasteiger partial charge in [-0.3, -0.25) is 4.21 Å². The molecular formula is C8H11NOS. The molecule has 0 aromatic heterocycles. The minimum atomic E-state index is -2.11. The van der Waals surface area contributed by atoms with Crippen LogP contribution in [0, 0.1) is 0 Å². The van der Waals surface area contributed by atoms with Crippen LogP contribution in [0.25, 0.3) is 0 Å². The third kappa shape index (κ3) is 1.98. The second-order valence-corrected chi connectivity index (χ2v) is 5.06. The second-order valence-electron chi connectivity index (χ2n) is 2.58. The molecule has 3 heteroatoms. The van der Waals surface area contributed by atoms with E-state index in [-0.39, 0.29) is 0 Å². The highest BCUT2D eigenvalue weighted by atomic mass is 32.2. The summed E-state index contributed by atoms with van der Waals surface area (Å²) in [5.41, 5.74) is 6.13. The van der Waals surface area contributed by atoms with E-state index in [1.807, 2.05) is 0 Å². The monoisotopic (exact) mass is 169 g/mol. The van der Waals surface area contributed by atoms with Crippen LogP contribution >= 0.6 is 0 Å². The molecule has 0 radical (unpaired) electrons. The average Bonchev–Trinajstić information content (AvgIpc) is 1.86. The van der Waals surface area contributed by atoms with E-state index in [4.69, 9.17) is 5.73 Å². The van der Waals surface area contributed by atoms with Crippen LogP contribution in [-0.2, 0) is 9.52 Å². The lowest BCUT2D eigenvalue weighted by molar-refractivity contribution is 0.685. The molecule has 0 saturated heterocycles. The quantitative estimate of drug-likeness (QED) is 0.503. The van der Waals surface area contributed by atoms with Crippen LogP contribution in [0.5, 0.6) is 0 Å². The summed E-state index contributed by atoms with van der Waals surface area (Å²) in [5.74, 6) is 3.55. The first-order valence-corrected chi connectivity index (χ1v) is 5.31. The lowest BCUT2D eigenvalue weighted by Gasteiger charge is -2.02. The van der Waals surface area contributed by atoms with Crippen molar-refractivity contribution in [2.24, 2.45) is 0 Å². The SMILES string of the molecule is C=S(C)(=O)c1cccc(N)c1. The first-order valence-electron chi connectivity index (χ1n) is 3.18. The fourth-order valence-corrected chi connectivity index (χ4v) is 1.53. The Morgan fingerprint density at radius 1 is 1.55 bits per heavy atom. The summed E-state index contributed by atoms with van der Waals surface area (Å²) in [6.45, 7) is 0. The summed E-state index contributed by atoms with van der Waals surface area (Å²) in [6.07, 6.45) is 1.60. The molecule has 2 N–H and O–H groups in total. The summed E-state index contributed by atoms with van der Waals surface area (Å²) < 4.78 is 11.4. The van der Waals surface area contributed by atoms with E-state index in [9.17, 15) is 4.21 Å². The van der Waals surface area contributed by atoms with Gasteiger partial charge in [-0.15, -0.1) is 0 Å². The molecular weight excluding hydrogens is 158 g/mol. The number of rotatable bonds is 1. The Hall–Kier alpha value is -0.960. The topological polar surface area (TPSA) is 43.1 Å². The van der Waals surface area contributed by atoms with E-state index in [1.54, 1.807) is 30.5 Å². The van der Waals surface area contributed by atoms with Crippen molar-refractivity contribution in [3.05, 3.63) is 24.3 Å². The number of nitrogen functional groups attached to an aromatic ring is 1. The molecule has 1 atom stereocenters. The van der Waals surface area contributed by atoms with Gasteiger partial charge >= 0.3 is 0 Å². The van der Waals surface area contributed by atoms with E-state index in [0.29, 0.717) is 10.6 Å². The molecule has 0 aliphatic carbocycles. The number of benzene rings is 1. The predicted octanol–water partition coefficient (Wildman–Crippen LogP) is 0.974. The second kappa shape index (κ2) is 2.58. The van der Waals surface area contributed by atoms with Crippen molar-refractivity contribution in [1.82, 2.24) is 0 Å². The lowest BCUT2D eigenvalue weighted by Crippen LogP contribution is -1.97. The summed E-state index contributed by atoms with van der Waals surface area (Å²) in [4.78, 5) is 0.706. The Balaban J connectivity index is 3.28. The first-order chi connectivity index (χ1) is 5.00. The normalized spacial score (nSPS) is 15.7. The molecule has 1 unspecified atom stereocenters. The Labute approximate surface area is 67.0 Å². The van der Waals surface area contributed by atoms with Crippen LogP contribution in [0.1, 0.15) is 0 Å². The van der Waals surface area contributed by atoms with E-state index in [1.165, 1.54) is 0 Å². The standard InChI is InChI=1S/C8H11NOS/c1-11(2,10)8-5-3-4-7(9)6-8/h3-6H,1,9H2,2H3. The number of nitrogens with two attached hydrogens (primary N) is 1. The minimum absolute atomic E-state index is 0.626. The molecule has 0 fully saturated rings. The molecule has 60 valence electrons. The predicted molar refractivity (Wildman–Crippen MR) is 50.3 cm³/mol. The molecule has 0 aliphatic heterocycles. The van der Waals surface area contributed by atoms with Crippen LogP contribution in [0.4, 0.5) is 5.69 Å². The largest absolute Gasteiger partial charge is 0.399 e. The zero-order valence-corrected chi connectivity index (χ0v) is 7.23. The molecule has 0 aliphatic rings. The van der Waals surface area contributed by atoms with Crippen molar-refractivity contribution < 1.29 is 4.21 Å². The molecule has 0 bridgehead atoms. The Morgan fingerprint density at radius 3 is 2.55 bits per heavy atom. The van der Waals surface area contributed by atoms with Crippen molar-refractivity contribution in [2.75, 3.05) is 12.0 Å². The summed E-state index contributed by atoms with van der Waals surface area (Å²) in [7, 11) is -2.11. The third-order valence-electron chi connectivity index (χ3n) is 1.36. The maximum absolute atomic E-state index is 11.4. The fourth-order valence-electron chi connectivity index (χ4n) is 0.783. The van der Waals surface area contributed by atoms with Gasteiger partial charge in [0.2, 0.25) is 0 Å². The number of hydrogen-bond acceptors (Lipinski definition) is 2. The van der Waals surface area contributed by atoms with Crippen LogP contribution in [-0.4, -0.2) is 16.3 Å². The molecule has 11 heavy (non-hydrogen) atoms. The van der Waals surface area contributed by atoms with E-state index >= 15 is 0 Å². The van der Waals surface area contributed by atoms with Crippen molar-refractivity contribution >= 4 is 21.1 Å². The molecule has 2 nitrogen and oxygen atoms in total. The number of anilines is 1. The Kier molecular flexibility index (Phi) is 1.91. The van der Waals surface area contributed by atoms with Gasteiger partial charge in [-0.05, 0) is 33.6 Å². The summed E-state index contributed by atoms with van der Waals surface area (Å²) >= 11 is 0. The maximum Gasteiger partial charge on any atom is 0.0325 e. The van der Waals surface area contributed by atoms with Gasteiger partial charge < -0.3 is 5.73 Å². The average molecular weight is 169 g/mol. The van der Waals surface area contributed by atoms with Crippen molar-refractivity contribution in [1.29, 1.82) is 0 Å². The molecule has 0 spiro atoms. The fraction of sp³-hybridized carbons (Fsp3) is 0.125.